The highest BCUT2D eigenvalue weighted by Gasteiger charge is 2.34. The third kappa shape index (κ3) is 4.97. The van der Waals surface area contributed by atoms with Crippen LogP contribution in [0.2, 0.25) is 5.02 Å². The van der Waals surface area contributed by atoms with E-state index in [0.717, 1.165) is 0 Å². The first-order valence-electron chi connectivity index (χ1n) is 13.4. The first-order valence-corrected chi connectivity index (χ1v) is 13.8. The second-order valence-corrected chi connectivity index (χ2v) is 11.0. The first-order chi connectivity index (χ1) is 19.5. The molecular weight excluding hydrogens is 545 g/mol. The van der Waals surface area contributed by atoms with E-state index in [4.69, 9.17) is 16.6 Å². The molecule has 0 saturated carbocycles. The molecule has 2 unspecified atom stereocenters. The molecule has 11 heteroatoms. The minimum absolute atomic E-state index is 0.0381. The number of nitrogens with zero attached hydrogens (tertiary/aromatic N) is 7. The first kappa shape index (κ1) is 28.4. The number of benzene rings is 1. The van der Waals surface area contributed by atoms with E-state index in [1.54, 1.807) is 36.1 Å². The lowest BCUT2D eigenvalue weighted by atomic mass is 10.1. The molecule has 0 spiro atoms. The van der Waals surface area contributed by atoms with Crippen molar-refractivity contribution in [2.45, 2.75) is 52.6 Å². The van der Waals surface area contributed by atoms with E-state index in [0.29, 0.717) is 41.4 Å². The highest BCUT2D eigenvalue weighted by molar-refractivity contribution is 6.33. The van der Waals surface area contributed by atoms with Crippen LogP contribution < -0.4 is 10.6 Å². The van der Waals surface area contributed by atoms with E-state index < -0.39 is 11.5 Å². The van der Waals surface area contributed by atoms with Gasteiger partial charge in [-0.3, -0.25) is 4.79 Å². The summed E-state index contributed by atoms with van der Waals surface area (Å²) in [4.78, 5) is 48.4. The van der Waals surface area contributed by atoms with Crippen LogP contribution in [-0.2, 0) is 4.79 Å². The standard InChI is InChI=1S/C30H31ClFN7O2/c1-7-24(40)38-17(4)13-37(14-18(38)5)28-21-12-22(31)26(20-10-8-9-11-23(20)32)35-29(21)39(30(41)36-28)27-19(6)33-15-34-25(27)16(2)3/h7-12,15-18H,1,13-14H2,2-6H3. The van der Waals surface area contributed by atoms with Crippen LogP contribution in [0.1, 0.15) is 45.0 Å². The van der Waals surface area contributed by atoms with E-state index in [9.17, 15) is 14.0 Å². The average Bonchev–Trinajstić information content (AvgIpc) is 2.92. The maximum atomic E-state index is 14.9. The molecule has 2 atom stereocenters. The van der Waals surface area contributed by atoms with Crippen LogP contribution in [0.3, 0.4) is 0 Å². The number of rotatable bonds is 5. The van der Waals surface area contributed by atoms with Crippen molar-refractivity contribution in [3.63, 3.8) is 0 Å². The number of carbonyl (C=O) groups excluding carboxylic acids is 1. The third-order valence-electron chi connectivity index (χ3n) is 7.38. The Morgan fingerprint density at radius 1 is 1.15 bits per heavy atom. The number of hydrogen-bond donors (Lipinski definition) is 0. The lowest BCUT2D eigenvalue weighted by Gasteiger charge is -2.44. The highest BCUT2D eigenvalue weighted by atomic mass is 35.5. The summed E-state index contributed by atoms with van der Waals surface area (Å²) in [6.45, 7) is 14.1. The van der Waals surface area contributed by atoms with Crippen molar-refractivity contribution in [1.29, 1.82) is 0 Å². The summed E-state index contributed by atoms with van der Waals surface area (Å²) >= 11 is 6.76. The Kier molecular flexibility index (Phi) is 7.61. The van der Waals surface area contributed by atoms with Crippen molar-refractivity contribution in [2.24, 2.45) is 0 Å². The fourth-order valence-corrected chi connectivity index (χ4v) is 5.86. The van der Waals surface area contributed by atoms with Gasteiger partial charge >= 0.3 is 5.69 Å². The number of anilines is 1. The Morgan fingerprint density at radius 3 is 2.46 bits per heavy atom. The molecule has 4 aromatic rings. The lowest BCUT2D eigenvalue weighted by Crippen LogP contribution is -2.58. The number of aromatic nitrogens is 5. The van der Waals surface area contributed by atoms with Gasteiger partial charge in [-0.2, -0.15) is 4.98 Å². The van der Waals surface area contributed by atoms with Crippen LogP contribution in [0.5, 0.6) is 0 Å². The van der Waals surface area contributed by atoms with Crippen molar-refractivity contribution in [2.75, 3.05) is 18.0 Å². The number of amides is 1. The quantitative estimate of drug-likeness (QED) is 0.306. The third-order valence-corrected chi connectivity index (χ3v) is 7.67. The number of carbonyl (C=O) groups is 1. The number of fused-ring (bicyclic) bond motifs is 1. The van der Waals surface area contributed by atoms with Gasteiger partial charge in [0.15, 0.2) is 5.65 Å². The van der Waals surface area contributed by atoms with Gasteiger partial charge in [-0.1, -0.05) is 44.2 Å². The molecule has 1 saturated heterocycles. The normalized spacial score (nSPS) is 17.4. The second kappa shape index (κ2) is 11.0. The maximum absolute atomic E-state index is 14.9. The van der Waals surface area contributed by atoms with E-state index in [1.807, 2.05) is 32.6 Å². The van der Waals surface area contributed by atoms with Crippen LogP contribution in [0.4, 0.5) is 10.2 Å². The van der Waals surface area contributed by atoms with Gasteiger partial charge in [0.2, 0.25) is 5.91 Å². The molecule has 9 nitrogen and oxygen atoms in total. The minimum atomic E-state index is -0.577. The molecule has 1 fully saturated rings. The Hall–Kier alpha value is -4.18. The predicted molar refractivity (Wildman–Crippen MR) is 158 cm³/mol. The zero-order chi connectivity index (χ0) is 29.6. The number of hydrogen-bond acceptors (Lipinski definition) is 7. The number of aryl methyl sites for hydroxylation is 1. The summed E-state index contributed by atoms with van der Waals surface area (Å²) in [7, 11) is 0. The van der Waals surface area contributed by atoms with Crippen LogP contribution in [0.15, 0.2) is 54.1 Å². The highest BCUT2D eigenvalue weighted by Crippen LogP contribution is 2.36. The topological polar surface area (TPSA) is 97.1 Å². The van der Waals surface area contributed by atoms with E-state index in [2.05, 4.69) is 21.5 Å². The zero-order valence-corrected chi connectivity index (χ0v) is 24.4. The smallest absolute Gasteiger partial charge is 0.352 e. The van der Waals surface area contributed by atoms with Gasteiger partial charge in [-0.05, 0) is 51.0 Å². The van der Waals surface area contributed by atoms with E-state index in [-0.39, 0.29) is 45.8 Å². The molecule has 5 rings (SSSR count). The summed E-state index contributed by atoms with van der Waals surface area (Å²) in [6.07, 6.45) is 2.77. The molecule has 3 aromatic heterocycles. The molecule has 41 heavy (non-hydrogen) atoms. The average molecular weight is 576 g/mol. The summed E-state index contributed by atoms with van der Waals surface area (Å²) in [5.41, 5.74) is 1.79. The molecule has 1 aliphatic rings. The Balaban J connectivity index is 1.81. The summed E-state index contributed by atoms with van der Waals surface area (Å²) in [5, 5.41) is 0.720. The Morgan fingerprint density at radius 2 is 1.83 bits per heavy atom. The lowest BCUT2D eigenvalue weighted by molar-refractivity contribution is -0.130. The molecule has 1 aliphatic heterocycles. The molecule has 0 bridgehead atoms. The van der Waals surface area contributed by atoms with Crippen LogP contribution >= 0.6 is 11.6 Å². The van der Waals surface area contributed by atoms with Crippen LogP contribution in [0, 0.1) is 12.7 Å². The van der Waals surface area contributed by atoms with E-state index in [1.165, 1.54) is 23.0 Å². The summed E-state index contributed by atoms with van der Waals surface area (Å²) in [5.74, 6) is -0.292. The van der Waals surface area contributed by atoms with Gasteiger partial charge in [-0.25, -0.2) is 28.7 Å². The molecule has 4 heterocycles. The fraction of sp³-hybridized carbons (Fsp3) is 0.333. The van der Waals surface area contributed by atoms with Gasteiger partial charge in [0.25, 0.3) is 0 Å². The molecule has 212 valence electrons. The Labute approximate surface area is 242 Å². The van der Waals surface area contributed by atoms with Gasteiger partial charge in [0.1, 0.15) is 18.0 Å². The fourth-order valence-electron chi connectivity index (χ4n) is 5.61. The summed E-state index contributed by atoms with van der Waals surface area (Å²) < 4.78 is 16.3. The van der Waals surface area contributed by atoms with Gasteiger partial charge in [0.05, 0.1) is 33.2 Å². The maximum Gasteiger partial charge on any atom is 0.355 e. The largest absolute Gasteiger partial charge is 0.355 e. The van der Waals surface area contributed by atoms with Crippen LogP contribution in [-0.4, -0.2) is 60.5 Å². The Bertz CT molecular complexity index is 1730. The van der Waals surface area contributed by atoms with Gasteiger partial charge in [-0.15, -0.1) is 0 Å². The van der Waals surface area contributed by atoms with Gasteiger partial charge < -0.3 is 9.80 Å². The minimum Gasteiger partial charge on any atom is -0.352 e. The van der Waals surface area contributed by atoms with Crippen molar-refractivity contribution in [1.82, 2.24) is 29.4 Å². The molecule has 0 radical (unpaired) electrons. The summed E-state index contributed by atoms with van der Waals surface area (Å²) in [6, 6.07) is 7.53. The van der Waals surface area contributed by atoms with E-state index >= 15 is 0 Å². The molecule has 0 N–H and O–H groups in total. The second-order valence-electron chi connectivity index (χ2n) is 10.6. The predicted octanol–water partition coefficient (Wildman–Crippen LogP) is 5.07. The van der Waals surface area contributed by atoms with Crippen molar-refractivity contribution < 1.29 is 9.18 Å². The van der Waals surface area contributed by atoms with Gasteiger partial charge in [0, 0.05) is 30.7 Å². The molecule has 1 amide bonds. The molecule has 1 aromatic carbocycles. The van der Waals surface area contributed by atoms with Crippen molar-refractivity contribution in [3.05, 3.63) is 82.0 Å². The number of piperazine rings is 1. The van der Waals surface area contributed by atoms with Crippen molar-refractivity contribution >= 4 is 34.4 Å². The van der Waals surface area contributed by atoms with Crippen LogP contribution in [0.25, 0.3) is 28.0 Å². The molecule has 0 aliphatic carbocycles. The molecular formula is C30H31ClFN7O2. The zero-order valence-electron chi connectivity index (χ0n) is 23.6. The number of pyridine rings is 1. The monoisotopic (exact) mass is 575 g/mol. The van der Waals surface area contributed by atoms with Crippen molar-refractivity contribution in [3.8, 4) is 16.9 Å². The number of halogens is 2. The SMILES string of the molecule is C=CC(=O)N1C(C)CN(c2nc(=O)n(-c3c(C)ncnc3C(C)C)c3nc(-c4ccccc4F)c(Cl)cc23)CC1C.